The lowest BCUT2D eigenvalue weighted by Gasteiger charge is -2.32. The number of halogens is 2. The highest BCUT2D eigenvalue weighted by molar-refractivity contribution is 6.31. The molecule has 0 heterocycles. The van der Waals surface area contributed by atoms with E-state index >= 15 is 0 Å². The highest BCUT2D eigenvalue weighted by Crippen LogP contribution is 2.25. The molecule has 0 saturated carbocycles. The summed E-state index contributed by atoms with van der Waals surface area (Å²) in [6.07, 6.45) is 1.48. The molecule has 0 aliphatic heterocycles. The Bertz CT molecular complexity index is 685. The van der Waals surface area contributed by atoms with Crippen molar-refractivity contribution >= 4 is 11.6 Å². The first-order valence-corrected chi connectivity index (χ1v) is 9.14. The van der Waals surface area contributed by atoms with Crippen molar-refractivity contribution in [1.82, 2.24) is 5.32 Å². The SMILES string of the molecule is Cc1ccc(CNCC(N)(Cc2ccc(F)cc2Cl)CC(C)C)cc1. The first kappa shape index (κ1) is 19.9. The van der Waals surface area contributed by atoms with Crippen LogP contribution >= 0.6 is 11.6 Å². The molecule has 0 saturated heterocycles. The maximum atomic E-state index is 13.3. The molecule has 2 aromatic carbocycles. The molecule has 0 radical (unpaired) electrons. The minimum absolute atomic E-state index is 0.322. The molecule has 0 aliphatic carbocycles. The van der Waals surface area contributed by atoms with Crippen LogP contribution in [-0.4, -0.2) is 12.1 Å². The first-order valence-electron chi connectivity index (χ1n) is 8.76. The molecule has 1 atom stereocenters. The number of hydrogen-bond acceptors (Lipinski definition) is 2. The second kappa shape index (κ2) is 8.79. The van der Waals surface area contributed by atoms with Gasteiger partial charge in [-0.1, -0.05) is 61.3 Å². The Hall–Kier alpha value is -1.42. The number of rotatable bonds is 8. The van der Waals surface area contributed by atoms with Gasteiger partial charge in [0.05, 0.1) is 0 Å². The van der Waals surface area contributed by atoms with Gasteiger partial charge in [0, 0.05) is 23.7 Å². The minimum Gasteiger partial charge on any atom is -0.324 e. The van der Waals surface area contributed by atoms with Gasteiger partial charge in [-0.2, -0.15) is 0 Å². The quantitative estimate of drug-likeness (QED) is 0.703. The number of aryl methyl sites for hydroxylation is 1. The topological polar surface area (TPSA) is 38.0 Å². The highest BCUT2D eigenvalue weighted by atomic mass is 35.5. The predicted molar refractivity (Wildman–Crippen MR) is 104 cm³/mol. The van der Waals surface area contributed by atoms with Gasteiger partial charge >= 0.3 is 0 Å². The van der Waals surface area contributed by atoms with Crippen LogP contribution in [0.1, 0.15) is 37.0 Å². The molecule has 0 spiro atoms. The lowest BCUT2D eigenvalue weighted by Crippen LogP contribution is -2.51. The molecule has 2 aromatic rings. The molecule has 25 heavy (non-hydrogen) atoms. The standard InChI is InChI=1S/C21H28ClFN2/c1-15(2)11-21(24,12-18-8-9-19(23)10-20(18)22)14-25-13-17-6-4-16(3)5-7-17/h4-10,15,25H,11-14,24H2,1-3H3. The van der Waals surface area contributed by atoms with E-state index in [0.29, 0.717) is 23.9 Å². The normalized spacial score (nSPS) is 13.9. The Balaban J connectivity index is 2.04. The van der Waals surface area contributed by atoms with Crippen molar-refractivity contribution in [2.24, 2.45) is 11.7 Å². The Morgan fingerprint density at radius 1 is 1.16 bits per heavy atom. The van der Waals surface area contributed by atoms with Gasteiger partial charge in [0.2, 0.25) is 0 Å². The highest BCUT2D eigenvalue weighted by Gasteiger charge is 2.27. The van der Waals surface area contributed by atoms with Crippen LogP contribution in [0.3, 0.4) is 0 Å². The fraction of sp³-hybridized carbons (Fsp3) is 0.429. The molecule has 0 aromatic heterocycles. The molecular weight excluding hydrogens is 335 g/mol. The zero-order valence-corrected chi connectivity index (χ0v) is 16.0. The Morgan fingerprint density at radius 3 is 2.44 bits per heavy atom. The van der Waals surface area contributed by atoms with E-state index in [1.54, 1.807) is 6.07 Å². The molecule has 0 aliphatic rings. The zero-order valence-electron chi connectivity index (χ0n) is 15.3. The van der Waals surface area contributed by atoms with Crippen LogP contribution in [0, 0.1) is 18.7 Å². The maximum Gasteiger partial charge on any atom is 0.124 e. The van der Waals surface area contributed by atoms with Gasteiger partial charge in [0.1, 0.15) is 5.82 Å². The lowest BCUT2D eigenvalue weighted by atomic mass is 9.84. The average molecular weight is 363 g/mol. The molecule has 4 heteroatoms. The molecule has 0 amide bonds. The summed E-state index contributed by atoms with van der Waals surface area (Å²) in [5, 5.41) is 3.92. The summed E-state index contributed by atoms with van der Waals surface area (Å²) >= 11 is 6.20. The van der Waals surface area contributed by atoms with Crippen molar-refractivity contribution in [3.63, 3.8) is 0 Å². The van der Waals surface area contributed by atoms with Crippen LogP contribution in [0.2, 0.25) is 5.02 Å². The van der Waals surface area contributed by atoms with Gasteiger partial charge in [-0.05, 0) is 48.9 Å². The third kappa shape index (κ3) is 6.43. The Morgan fingerprint density at radius 2 is 1.84 bits per heavy atom. The largest absolute Gasteiger partial charge is 0.324 e. The number of nitrogens with one attached hydrogen (secondary N) is 1. The van der Waals surface area contributed by atoms with Crippen LogP contribution in [0.25, 0.3) is 0 Å². The van der Waals surface area contributed by atoms with Gasteiger partial charge in [-0.25, -0.2) is 4.39 Å². The molecule has 0 fully saturated rings. The molecule has 3 N–H and O–H groups in total. The second-order valence-electron chi connectivity index (χ2n) is 7.46. The molecular formula is C21H28ClFN2. The minimum atomic E-state index is -0.430. The molecule has 2 rings (SSSR count). The fourth-order valence-corrected chi connectivity index (χ4v) is 3.46. The van der Waals surface area contributed by atoms with Crippen molar-refractivity contribution in [3.05, 3.63) is 70.0 Å². The van der Waals surface area contributed by atoms with Gasteiger partial charge < -0.3 is 11.1 Å². The zero-order chi connectivity index (χ0) is 18.4. The first-order chi connectivity index (χ1) is 11.8. The average Bonchev–Trinajstić information content (AvgIpc) is 2.51. The monoisotopic (exact) mass is 362 g/mol. The predicted octanol–water partition coefficient (Wildman–Crippen LogP) is 4.86. The van der Waals surface area contributed by atoms with Crippen LogP contribution in [0.4, 0.5) is 4.39 Å². The fourth-order valence-electron chi connectivity index (χ4n) is 3.23. The smallest absolute Gasteiger partial charge is 0.124 e. The van der Waals surface area contributed by atoms with E-state index in [1.165, 1.54) is 23.3 Å². The summed E-state index contributed by atoms with van der Waals surface area (Å²) < 4.78 is 13.3. The number of benzene rings is 2. The summed E-state index contributed by atoms with van der Waals surface area (Å²) in [5.74, 6) is 0.142. The summed E-state index contributed by atoms with van der Waals surface area (Å²) in [5.41, 5.74) is 9.66. The van der Waals surface area contributed by atoms with Crippen molar-refractivity contribution in [3.8, 4) is 0 Å². The van der Waals surface area contributed by atoms with E-state index < -0.39 is 5.54 Å². The lowest BCUT2D eigenvalue weighted by molar-refractivity contribution is 0.320. The van der Waals surface area contributed by atoms with E-state index in [-0.39, 0.29) is 5.82 Å². The van der Waals surface area contributed by atoms with Gasteiger partial charge in [-0.15, -0.1) is 0 Å². The number of hydrogen-bond donors (Lipinski definition) is 2. The van der Waals surface area contributed by atoms with Crippen LogP contribution in [0.15, 0.2) is 42.5 Å². The van der Waals surface area contributed by atoms with Crippen molar-refractivity contribution in [2.45, 2.75) is 45.7 Å². The van der Waals surface area contributed by atoms with Crippen molar-refractivity contribution in [2.75, 3.05) is 6.54 Å². The Labute approximate surface area is 155 Å². The summed E-state index contributed by atoms with van der Waals surface area (Å²) in [4.78, 5) is 0. The van der Waals surface area contributed by atoms with Crippen LogP contribution in [0.5, 0.6) is 0 Å². The van der Waals surface area contributed by atoms with Crippen LogP contribution in [-0.2, 0) is 13.0 Å². The molecule has 2 nitrogen and oxygen atoms in total. The third-order valence-electron chi connectivity index (χ3n) is 4.30. The van der Waals surface area contributed by atoms with E-state index in [4.69, 9.17) is 17.3 Å². The molecule has 0 bridgehead atoms. The van der Waals surface area contributed by atoms with E-state index in [2.05, 4.69) is 50.4 Å². The third-order valence-corrected chi connectivity index (χ3v) is 4.65. The molecule has 1 unspecified atom stereocenters. The van der Waals surface area contributed by atoms with Gasteiger partial charge in [0.25, 0.3) is 0 Å². The van der Waals surface area contributed by atoms with E-state index in [1.807, 2.05) is 0 Å². The summed E-state index contributed by atoms with van der Waals surface area (Å²) in [6.45, 7) is 7.85. The van der Waals surface area contributed by atoms with Crippen molar-refractivity contribution in [1.29, 1.82) is 0 Å². The van der Waals surface area contributed by atoms with Crippen LogP contribution < -0.4 is 11.1 Å². The van der Waals surface area contributed by atoms with E-state index in [0.717, 1.165) is 18.5 Å². The maximum absolute atomic E-state index is 13.3. The summed E-state index contributed by atoms with van der Waals surface area (Å²) in [6, 6.07) is 13.0. The second-order valence-corrected chi connectivity index (χ2v) is 7.87. The van der Waals surface area contributed by atoms with E-state index in [9.17, 15) is 4.39 Å². The van der Waals surface area contributed by atoms with Crippen molar-refractivity contribution < 1.29 is 4.39 Å². The summed E-state index contributed by atoms with van der Waals surface area (Å²) in [7, 11) is 0. The van der Waals surface area contributed by atoms with Gasteiger partial charge in [0.15, 0.2) is 0 Å². The number of nitrogens with two attached hydrogens (primary N) is 1. The Kier molecular flexibility index (Phi) is 7.00. The van der Waals surface area contributed by atoms with Gasteiger partial charge in [-0.3, -0.25) is 0 Å². The molecule has 136 valence electrons.